The van der Waals surface area contributed by atoms with Gasteiger partial charge in [-0.2, -0.15) is 5.10 Å². The molecule has 0 radical (unpaired) electrons. The van der Waals surface area contributed by atoms with Crippen LogP contribution in [0.4, 0.5) is 0 Å². The average molecular weight is 244 g/mol. The van der Waals surface area contributed by atoms with Crippen LogP contribution in [-0.2, 0) is 6.42 Å². The van der Waals surface area contributed by atoms with Gasteiger partial charge in [-0.25, -0.2) is 9.48 Å². The minimum absolute atomic E-state index is 0.287. The van der Waals surface area contributed by atoms with Gasteiger partial charge in [0.25, 0.3) is 0 Å². The van der Waals surface area contributed by atoms with Gasteiger partial charge in [-0.1, -0.05) is 19.1 Å². The molecule has 0 fully saturated rings. The predicted octanol–water partition coefficient (Wildman–Crippen LogP) is 2.75. The molecule has 0 amide bonds. The molecule has 1 N–H and O–H groups in total. The summed E-state index contributed by atoms with van der Waals surface area (Å²) >= 11 is 0. The van der Waals surface area contributed by atoms with E-state index in [0.29, 0.717) is 11.4 Å². The summed E-state index contributed by atoms with van der Waals surface area (Å²) in [6.45, 7) is 5.59. The molecule has 1 heterocycles. The van der Waals surface area contributed by atoms with Crippen molar-refractivity contribution in [3.63, 3.8) is 0 Å². The van der Waals surface area contributed by atoms with E-state index in [4.69, 9.17) is 5.11 Å². The number of hydrogen-bond donors (Lipinski definition) is 1. The lowest BCUT2D eigenvalue weighted by Gasteiger charge is -2.05. The molecule has 4 heteroatoms. The number of hydrogen-bond acceptors (Lipinski definition) is 2. The first-order chi connectivity index (χ1) is 8.54. The van der Waals surface area contributed by atoms with E-state index in [2.05, 4.69) is 12.0 Å². The molecule has 4 nitrogen and oxygen atoms in total. The van der Waals surface area contributed by atoms with Crippen molar-refractivity contribution in [2.75, 3.05) is 0 Å². The Morgan fingerprint density at radius 2 is 1.89 bits per heavy atom. The molecule has 0 aliphatic rings. The largest absolute Gasteiger partial charge is 0.478 e. The van der Waals surface area contributed by atoms with Crippen LogP contribution in [0, 0.1) is 13.8 Å². The lowest BCUT2D eigenvalue weighted by atomic mass is 10.1. The smallest absolute Gasteiger partial charge is 0.339 e. The molecule has 18 heavy (non-hydrogen) atoms. The number of carboxylic acid groups (broad SMARTS) is 1. The highest BCUT2D eigenvalue weighted by Crippen LogP contribution is 2.18. The van der Waals surface area contributed by atoms with Gasteiger partial charge in [-0.15, -0.1) is 0 Å². The summed E-state index contributed by atoms with van der Waals surface area (Å²) in [5, 5.41) is 13.4. The van der Waals surface area contributed by atoms with Crippen molar-refractivity contribution < 1.29 is 9.90 Å². The van der Waals surface area contributed by atoms with Crippen molar-refractivity contribution in [3.8, 4) is 5.69 Å². The standard InChI is InChI=1S/C14H16N2O2/c1-4-11-5-7-12(8-6-11)16-10(3)13(14(17)18)9(2)15-16/h5-8H,4H2,1-3H3,(H,17,18). The summed E-state index contributed by atoms with van der Waals surface area (Å²) in [5.41, 5.74) is 3.62. The summed E-state index contributed by atoms with van der Waals surface area (Å²) in [7, 11) is 0. The maximum Gasteiger partial charge on any atom is 0.339 e. The number of carboxylic acids is 1. The summed E-state index contributed by atoms with van der Waals surface area (Å²) < 4.78 is 1.68. The average Bonchev–Trinajstić information content (AvgIpc) is 2.65. The van der Waals surface area contributed by atoms with Gasteiger partial charge in [0.05, 0.1) is 17.1 Å². The van der Waals surface area contributed by atoms with Gasteiger partial charge < -0.3 is 5.11 Å². The van der Waals surface area contributed by atoms with E-state index >= 15 is 0 Å². The molecule has 2 aromatic rings. The second-order valence-electron chi connectivity index (χ2n) is 4.28. The van der Waals surface area contributed by atoms with Crippen LogP contribution >= 0.6 is 0 Å². The van der Waals surface area contributed by atoms with E-state index in [1.165, 1.54) is 5.56 Å². The third-order valence-electron chi connectivity index (χ3n) is 3.09. The maximum absolute atomic E-state index is 11.1. The zero-order valence-electron chi connectivity index (χ0n) is 10.8. The van der Waals surface area contributed by atoms with E-state index in [-0.39, 0.29) is 5.56 Å². The van der Waals surface area contributed by atoms with Crippen molar-refractivity contribution in [3.05, 3.63) is 46.8 Å². The first-order valence-electron chi connectivity index (χ1n) is 5.93. The Labute approximate surface area is 106 Å². The van der Waals surface area contributed by atoms with Crippen molar-refractivity contribution in [1.29, 1.82) is 0 Å². The Hall–Kier alpha value is -2.10. The highest BCUT2D eigenvalue weighted by molar-refractivity contribution is 5.90. The van der Waals surface area contributed by atoms with Gasteiger partial charge in [-0.3, -0.25) is 0 Å². The molecular weight excluding hydrogens is 228 g/mol. The van der Waals surface area contributed by atoms with E-state index in [1.807, 2.05) is 24.3 Å². The number of rotatable bonds is 3. The van der Waals surface area contributed by atoms with Crippen LogP contribution in [0.1, 0.15) is 34.2 Å². The number of aromatic carboxylic acids is 1. The van der Waals surface area contributed by atoms with E-state index in [0.717, 1.165) is 12.1 Å². The lowest BCUT2D eigenvalue weighted by Crippen LogP contribution is -2.02. The minimum atomic E-state index is -0.929. The van der Waals surface area contributed by atoms with Crippen molar-refractivity contribution in [2.24, 2.45) is 0 Å². The third kappa shape index (κ3) is 2.01. The zero-order valence-corrected chi connectivity index (χ0v) is 10.8. The SMILES string of the molecule is CCc1ccc(-n2nc(C)c(C(=O)O)c2C)cc1. The first-order valence-corrected chi connectivity index (χ1v) is 5.93. The summed E-state index contributed by atoms with van der Waals surface area (Å²) in [6, 6.07) is 7.99. The lowest BCUT2D eigenvalue weighted by molar-refractivity contribution is 0.0695. The van der Waals surface area contributed by atoms with Crippen LogP contribution in [0.15, 0.2) is 24.3 Å². The molecule has 0 saturated heterocycles. The number of nitrogens with zero attached hydrogens (tertiary/aromatic N) is 2. The fourth-order valence-corrected chi connectivity index (χ4v) is 2.08. The van der Waals surface area contributed by atoms with Gasteiger partial charge in [0, 0.05) is 0 Å². The molecule has 0 atom stereocenters. The normalized spacial score (nSPS) is 10.6. The van der Waals surface area contributed by atoms with Gasteiger partial charge in [0.1, 0.15) is 5.56 Å². The van der Waals surface area contributed by atoms with Gasteiger partial charge in [0.2, 0.25) is 0 Å². The first kappa shape index (κ1) is 12.4. The van der Waals surface area contributed by atoms with E-state index < -0.39 is 5.97 Å². The van der Waals surface area contributed by atoms with Crippen molar-refractivity contribution in [1.82, 2.24) is 9.78 Å². The Kier molecular flexibility index (Phi) is 3.19. The molecule has 1 aromatic carbocycles. The number of aryl methyl sites for hydroxylation is 2. The molecule has 2 rings (SSSR count). The Balaban J connectivity index is 2.50. The fraction of sp³-hybridized carbons (Fsp3) is 0.286. The van der Waals surface area contributed by atoms with Crippen LogP contribution in [0.3, 0.4) is 0 Å². The van der Waals surface area contributed by atoms with E-state index in [1.54, 1.807) is 18.5 Å². The topological polar surface area (TPSA) is 55.1 Å². The van der Waals surface area contributed by atoms with Crippen molar-refractivity contribution >= 4 is 5.97 Å². The Morgan fingerprint density at radius 3 is 2.33 bits per heavy atom. The van der Waals surface area contributed by atoms with Gasteiger partial charge in [-0.05, 0) is 38.0 Å². The van der Waals surface area contributed by atoms with E-state index in [9.17, 15) is 4.79 Å². The minimum Gasteiger partial charge on any atom is -0.478 e. The third-order valence-corrected chi connectivity index (χ3v) is 3.09. The molecule has 94 valence electrons. The monoisotopic (exact) mass is 244 g/mol. The van der Waals surface area contributed by atoms with Gasteiger partial charge >= 0.3 is 5.97 Å². The molecule has 0 unspecified atom stereocenters. The Bertz CT molecular complexity index is 583. The summed E-state index contributed by atoms with van der Waals surface area (Å²) in [5.74, 6) is -0.929. The number of benzene rings is 1. The highest BCUT2D eigenvalue weighted by Gasteiger charge is 2.18. The van der Waals surface area contributed by atoms with Crippen LogP contribution in [0.2, 0.25) is 0 Å². The number of aromatic nitrogens is 2. The molecular formula is C14H16N2O2. The maximum atomic E-state index is 11.1. The number of carbonyl (C=O) groups is 1. The van der Waals surface area contributed by atoms with Crippen LogP contribution < -0.4 is 0 Å². The van der Waals surface area contributed by atoms with Crippen LogP contribution in [0.5, 0.6) is 0 Å². The molecule has 0 bridgehead atoms. The molecule has 0 saturated carbocycles. The highest BCUT2D eigenvalue weighted by atomic mass is 16.4. The molecule has 0 spiro atoms. The molecule has 0 aliphatic carbocycles. The predicted molar refractivity (Wildman–Crippen MR) is 69.4 cm³/mol. The molecule has 0 aliphatic heterocycles. The molecule has 1 aromatic heterocycles. The summed E-state index contributed by atoms with van der Waals surface area (Å²) in [4.78, 5) is 11.1. The van der Waals surface area contributed by atoms with Crippen LogP contribution in [-0.4, -0.2) is 20.9 Å². The van der Waals surface area contributed by atoms with Crippen molar-refractivity contribution in [2.45, 2.75) is 27.2 Å². The zero-order chi connectivity index (χ0) is 13.3. The van der Waals surface area contributed by atoms with Crippen LogP contribution in [0.25, 0.3) is 5.69 Å². The quantitative estimate of drug-likeness (QED) is 0.903. The Morgan fingerprint density at radius 1 is 1.28 bits per heavy atom. The second-order valence-corrected chi connectivity index (χ2v) is 4.28. The summed E-state index contributed by atoms with van der Waals surface area (Å²) in [6.07, 6.45) is 0.984. The fourth-order valence-electron chi connectivity index (χ4n) is 2.08. The van der Waals surface area contributed by atoms with Gasteiger partial charge in [0.15, 0.2) is 0 Å². The second kappa shape index (κ2) is 4.64.